The van der Waals surface area contributed by atoms with Gasteiger partial charge in [-0.1, -0.05) is 38.5 Å². The zero-order valence-electron chi connectivity index (χ0n) is 27.7. The minimum Gasteiger partial charge on any atom is -0.491 e. The number of carbonyl (C=O) groups is 2. The van der Waals surface area contributed by atoms with E-state index in [1.54, 1.807) is 35.4 Å². The number of amides is 2. The third kappa shape index (κ3) is 9.51. The van der Waals surface area contributed by atoms with Gasteiger partial charge in [0.05, 0.1) is 28.8 Å². The Balaban J connectivity index is 1.26. The van der Waals surface area contributed by atoms with Gasteiger partial charge in [-0.15, -0.1) is 0 Å². The van der Waals surface area contributed by atoms with Crippen LogP contribution < -0.4 is 15.0 Å². The lowest BCUT2D eigenvalue weighted by Crippen LogP contribution is -2.25. The number of anilines is 2. The van der Waals surface area contributed by atoms with Crippen molar-refractivity contribution >= 4 is 40.6 Å². The van der Waals surface area contributed by atoms with Crippen LogP contribution in [0.3, 0.4) is 0 Å². The zero-order chi connectivity index (χ0) is 33.7. The highest BCUT2D eigenvalue weighted by molar-refractivity contribution is 7.84. The number of rotatable bonds is 16. The van der Waals surface area contributed by atoms with Gasteiger partial charge in [-0.3, -0.25) is 13.8 Å². The zero-order valence-corrected chi connectivity index (χ0v) is 28.5. The van der Waals surface area contributed by atoms with Crippen LogP contribution in [0.2, 0.25) is 0 Å². The Morgan fingerprint density at radius 3 is 2.54 bits per heavy atom. The molecular formula is C38H44N4O5S. The highest BCUT2D eigenvalue weighted by Gasteiger charge is 2.19. The predicted molar refractivity (Wildman–Crippen MR) is 191 cm³/mol. The Bertz CT molecular complexity index is 1720. The van der Waals surface area contributed by atoms with Crippen LogP contribution in [0.5, 0.6) is 5.75 Å². The molecular weight excluding hydrogens is 625 g/mol. The molecule has 1 unspecified atom stereocenters. The van der Waals surface area contributed by atoms with Crippen LogP contribution in [-0.4, -0.2) is 52.9 Å². The van der Waals surface area contributed by atoms with E-state index in [1.165, 1.54) is 0 Å². The summed E-state index contributed by atoms with van der Waals surface area (Å²) in [6, 6.07) is 20.9. The fraction of sp³-hybridized carbons (Fsp3) is 0.342. The van der Waals surface area contributed by atoms with E-state index in [-0.39, 0.29) is 5.91 Å². The molecule has 1 aromatic heterocycles. The number of benzene rings is 3. The number of ether oxygens (including phenoxy) is 2. The molecule has 2 amide bonds. The smallest absolute Gasteiger partial charge is 0.251 e. The summed E-state index contributed by atoms with van der Waals surface area (Å²) in [5.74, 6) is 1.82. The normalized spacial score (nSPS) is 14.6. The molecule has 3 aromatic carbocycles. The summed E-state index contributed by atoms with van der Waals surface area (Å²) in [6.45, 7) is 6.54. The van der Waals surface area contributed by atoms with Gasteiger partial charge in [0.15, 0.2) is 0 Å². The molecule has 0 aliphatic carbocycles. The van der Waals surface area contributed by atoms with E-state index < -0.39 is 10.8 Å². The van der Waals surface area contributed by atoms with Gasteiger partial charge in [-0.25, -0.2) is 4.98 Å². The molecule has 0 spiro atoms. The molecule has 2 heterocycles. The van der Waals surface area contributed by atoms with Gasteiger partial charge >= 0.3 is 0 Å². The third-order valence-corrected chi connectivity index (χ3v) is 9.46. The summed E-state index contributed by atoms with van der Waals surface area (Å²) in [6.07, 6.45) is 9.64. The lowest BCUT2D eigenvalue weighted by molar-refractivity contribution is -0.113. The van der Waals surface area contributed by atoms with Crippen molar-refractivity contribution in [2.45, 2.75) is 63.0 Å². The number of hydrogen-bond acceptors (Lipinski definition) is 6. The molecule has 5 rings (SSSR count). The number of aromatic amines is 1. The van der Waals surface area contributed by atoms with Gasteiger partial charge < -0.3 is 24.7 Å². The molecule has 0 bridgehead atoms. The summed E-state index contributed by atoms with van der Waals surface area (Å²) in [5.41, 5.74) is 5.59. The second-order valence-corrected chi connectivity index (χ2v) is 13.2. The van der Waals surface area contributed by atoms with E-state index in [1.807, 2.05) is 48.5 Å². The Morgan fingerprint density at radius 2 is 1.79 bits per heavy atom. The standard InChI is InChI=1S/C38H44N4O5S/c1-3-5-20-46-21-22-47-34-14-9-28(10-15-34)29-11-18-36-31(23-29)24-30(8-6-19-42(36)27-43)38(44)41-32-12-16-35(17-13-32)48(45)26-33-25-39-37(40-33)7-4-2/h9-18,23-25,27H,3-8,19-22,26H2,1-2H3,(H,39,40)(H,41,44)/b30-24+. The van der Waals surface area contributed by atoms with E-state index in [4.69, 9.17) is 9.47 Å². The topological polar surface area (TPSA) is 114 Å². The maximum absolute atomic E-state index is 13.5. The number of nitrogens with one attached hydrogen (secondary N) is 2. The van der Waals surface area contributed by atoms with E-state index in [0.29, 0.717) is 54.5 Å². The number of nitrogens with zero attached hydrogens (tertiary/aromatic N) is 2. The minimum absolute atomic E-state index is 0.208. The van der Waals surface area contributed by atoms with Crippen LogP contribution >= 0.6 is 0 Å². The number of carbonyl (C=O) groups excluding carboxylic acids is 2. The number of aromatic nitrogens is 2. The van der Waals surface area contributed by atoms with Crippen molar-refractivity contribution < 1.29 is 23.3 Å². The highest BCUT2D eigenvalue weighted by Crippen LogP contribution is 2.32. The van der Waals surface area contributed by atoms with Crippen molar-refractivity contribution in [3.05, 3.63) is 95.6 Å². The number of unbranched alkanes of at least 4 members (excludes halogenated alkanes) is 1. The monoisotopic (exact) mass is 668 g/mol. The Morgan fingerprint density at radius 1 is 1.00 bits per heavy atom. The number of imidazole rings is 1. The molecule has 1 aliphatic rings. The number of hydrogen-bond donors (Lipinski definition) is 2. The lowest BCUT2D eigenvalue weighted by Gasteiger charge is -2.24. The highest BCUT2D eigenvalue weighted by atomic mass is 32.2. The van der Waals surface area contributed by atoms with Crippen LogP contribution in [0.1, 0.15) is 63.0 Å². The molecule has 252 valence electrons. The summed E-state index contributed by atoms with van der Waals surface area (Å²) in [5, 5.41) is 3.00. The fourth-order valence-corrected chi connectivity index (χ4v) is 6.53. The molecule has 10 heteroatoms. The maximum atomic E-state index is 13.5. The first-order valence-electron chi connectivity index (χ1n) is 16.7. The molecule has 9 nitrogen and oxygen atoms in total. The molecule has 0 fully saturated rings. The quantitative estimate of drug-likeness (QED) is 0.0956. The van der Waals surface area contributed by atoms with E-state index in [9.17, 15) is 13.8 Å². The molecule has 4 aromatic rings. The SMILES string of the molecule is CCCCOCCOc1ccc(-c2ccc3c(c2)/C=C(/C(=O)Nc2ccc(S(=O)Cc4cnc(CCC)[nH]4)cc2)CCCN3C=O)cc1. The first-order chi connectivity index (χ1) is 23.5. The van der Waals surface area contributed by atoms with Crippen molar-refractivity contribution in [2.24, 2.45) is 0 Å². The summed E-state index contributed by atoms with van der Waals surface area (Å²) >= 11 is 0. The summed E-state index contributed by atoms with van der Waals surface area (Å²) in [7, 11) is -1.25. The molecule has 1 aliphatic heterocycles. The predicted octanol–water partition coefficient (Wildman–Crippen LogP) is 7.31. The largest absolute Gasteiger partial charge is 0.491 e. The van der Waals surface area contributed by atoms with Crippen molar-refractivity contribution in [1.29, 1.82) is 0 Å². The third-order valence-electron chi connectivity index (χ3n) is 8.09. The van der Waals surface area contributed by atoms with Crippen molar-refractivity contribution in [3.63, 3.8) is 0 Å². The second kappa shape index (κ2) is 17.6. The number of aryl methyl sites for hydroxylation is 1. The van der Waals surface area contributed by atoms with Crippen molar-refractivity contribution in [2.75, 3.05) is 36.6 Å². The molecule has 1 atom stereocenters. The van der Waals surface area contributed by atoms with Gasteiger partial charge in [0.1, 0.15) is 18.2 Å². The molecule has 48 heavy (non-hydrogen) atoms. The van der Waals surface area contributed by atoms with Gasteiger partial charge in [-0.05, 0) is 97.0 Å². The average molecular weight is 669 g/mol. The average Bonchev–Trinajstić information content (AvgIpc) is 3.54. The second-order valence-electron chi connectivity index (χ2n) is 11.8. The minimum atomic E-state index is -1.25. The Labute approximate surface area is 285 Å². The maximum Gasteiger partial charge on any atom is 0.251 e. The molecule has 0 radical (unpaired) electrons. The summed E-state index contributed by atoms with van der Waals surface area (Å²) < 4.78 is 24.4. The van der Waals surface area contributed by atoms with Gasteiger partial charge in [0.2, 0.25) is 6.41 Å². The summed E-state index contributed by atoms with van der Waals surface area (Å²) in [4.78, 5) is 35.4. The number of H-pyrrole nitrogens is 1. The van der Waals surface area contributed by atoms with Crippen LogP contribution in [0.25, 0.3) is 17.2 Å². The van der Waals surface area contributed by atoms with E-state index in [0.717, 1.165) is 78.3 Å². The van der Waals surface area contributed by atoms with Crippen LogP contribution in [0, 0.1) is 0 Å². The molecule has 2 N–H and O–H groups in total. The Hall–Kier alpha value is -4.54. The van der Waals surface area contributed by atoms with Gasteiger partial charge in [0.25, 0.3) is 5.91 Å². The van der Waals surface area contributed by atoms with Crippen LogP contribution in [0.4, 0.5) is 11.4 Å². The van der Waals surface area contributed by atoms with E-state index >= 15 is 0 Å². The van der Waals surface area contributed by atoms with Gasteiger partial charge in [0, 0.05) is 47.6 Å². The molecule has 0 saturated carbocycles. The van der Waals surface area contributed by atoms with Crippen molar-refractivity contribution in [1.82, 2.24) is 9.97 Å². The first-order valence-corrected chi connectivity index (χ1v) is 18.0. The number of fused-ring (bicyclic) bond motifs is 1. The van der Waals surface area contributed by atoms with Crippen LogP contribution in [0.15, 0.2) is 83.4 Å². The van der Waals surface area contributed by atoms with Gasteiger partial charge in [-0.2, -0.15) is 0 Å². The fourth-order valence-electron chi connectivity index (χ4n) is 5.50. The van der Waals surface area contributed by atoms with Crippen molar-refractivity contribution in [3.8, 4) is 16.9 Å². The van der Waals surface area contributed by atoms with E-state index in [2.05, 4.69) is 29.1 Å². The Kier molecular flexibility index (Phi) is 12.7. The lowest BCUT2D eigenvalue weighted by atomic mass is 9.96. The molecule has 0 saturated heterocycles. The first kappa shape index (κ1) is 34.8. The van der Waals surface area contributed by atoms with Crippen LogP contribution in [-0.2, 0) is 37.3 Å².